The lowest BCUT2D eigenvalue weighted by Crippen LogP contribution is -2.21. The number of primary amides is 1. The molecule has 0 spiro atoms. The maximum absolute atomic E-state index is 11.8. The molecule has 1 aromatic carbocycles. The second kappa shape index (κ2) is 9.16. The molecule has 162 valence electrons. The summed E-state index contributed by atoms with van der Waals surface area (Å²) < 4.78 is 34.0. The lowest BCUT2D eigenvalue weighted by molar-refractivity contribution is 0.100. The molecule has 2 aromatic rings. The van der Waals surface area contributed by atoms with Gasteiger partial charge in [0.05, 0.1) is 18.4 Å². The van der Waals surface area contributed by atoms with Crippen molar-refractivity contribution in [1.29, 1.82) is 0 Å². The van der Waals surface area contributed by atoms with Gasteiger partial charge in [-0.05, 0) is 31.9 Å². The van der Waals surface area contributed by atoms with Gasteiger partial charge < -0.3 is 25.3 Å². The van der Waals surface area contributed by atoms with Crippen LogP contribution < -0.4 is 25.3 Å². The van der Waals surface area contributed by atoms with Crippen LogP contribution in [0.3, 0.4) is 0 Å². The van der Waals surface area contributed by atoms with Crippen molar-refractivity contribution in [3.8, 4) is 11.5 Å². The molecule has 0 radical (unpaired) electrons. The highest BCUT2D eigenvalue weighted by molar-refractivity contribution is 7.87. The zero-order valence-electron chi connectivity index (χ0n) is 16.8. The predicted octanol–water partition coefficient (Wildman–Crippen LogP) is 2.41. The van der Waals surface area contributed by atoms with Gasteiger partial charge in [-0.3, -0.25) is 4.79 Å². The minimum Gasteiger partial charge on any atom is -0.493 e. The van der Waals surface area contributed by atoms with Crippen LogP contribution >= 0.6 is 0 Å². The summed E-state index contributed by atoms with van der Waals surface area (Å²) >= 11 is 0. The van der Waals surface area contributed by atoms with Crippen molar-refractivity contribution in [2.75, 3.05) is 23.5 Å². The van der Waals surface area contributed by atoms with Gasteiger partial charge in [-0.15, -0.1) is 0 Å². The number of rotatable bonds is 9. The molecule has 0 atom stereocenters. The monoisotopic (exact) mass is 435 g/mol. The minimum absolute atomic E-state index is 0.0439. The second-order valence-electron chi connectivity index (χ2n) is 6.87. The van der Waals surface area contributed by atoms with Crippen LogP contribution in [0.1, 0.15) is 43.0 Å². The van der Waals surface area contributed by atoms with Crippen LogP contribution in [0.25, 0.3) is 0 Å². The number of nitrogens with zero attached hydrogens (tertiary/aromatic N) is 2. The predicted molar refractivity (Wildman–Crippen MR) is 113 cm³/mol. The number of anilines is 3. The summed E-state index contributed by atoms with van der Waals surface area (Å²) in [6.45, 7) is 1.48. The molecule has 0 unspecified atom stereocenters. The van der Waals surface area contributed by atoms with E-state index in [9.17, 15) is 13.2 Å². The molecule has 0 bridgehead atoms. The van der Waals surface area contributed by atoms with Gasteiger partial charge in [-0.2, -0.15) is 13.4 Å². The van der Waals surface area contributed by atoms with Crippen LogP contribution in [0.2, 0.25) is 0 Å². The molecule has 4 N–H and O–H groups in total. The van der Waals surface area contributed by atoms with E-state index in [0.717, 1.165) is 25.7 Å². The van der Waals surface area contributed by atoms with Crippen LogP contribution in [-0.4, -0.2) is 43.2 Å². The van der Waals surface area contributed by atoms with Gasteiger partial charge in [0.1, 0.15) is 5.82 Å². The molecule has 1 heterocycles. The number of benzene rings is 1. The van der Waals surface area contributed by atoms with Gasteiger partial charge in [-0.25, -0.2) is 4.98 Å². The summed E-state index contributed by atoms with van der Waals surface area (Å²) in [5.41, 5.74) is 6.14. The van der Waals surface area contributed by atoms with Crippen LogP contribution in [0.5, 0.6) is 11.5 Å². The van der Waals surface area contributed by atoms with Crippen molar-refractivity contribution in [1.82, 2.24) is 9.97 Å². The number of carbonyl (C=O) groups excluding carboxylic acids is 1. The van der Waals surface area contributed by atoms with Gasteiger partial charge in [0.2, 0.25) is 5.95 Å². The first-order valence-electron chi connectivity index (χ1n) is 9.62. The molecule has 3 rings (SSSR count). The van der Waals surface area contributed by atoms with Gasteiger partial charge in [-0.1, -0.05) is 12.8 Å². The summed E-state index contributed by atoms with van der Waals surface area (Å²) in [5.74, 6) is 0.0998. The summed E-state index contributed by atoms with van der Waals surface area (Å²) in [4.78, 5) is 20.3. The van der Waals surface area contributed by atoms with Crippen molar-refractivity contribution in [2.45, 2.75) is 38.6 Å². The Hall–Kier alpha value is -3.08. The molecule has 1 saturated carbocycles. The summed E-state index contributed by atoms with van der Waals surface area (Å²) in [7, 11) is -2.31. The van der Waals surface area contributed by atoms with Gasteiger partial charge in [0.15, 0.2) is 11.5 Å². The molecule has 1 amide bonds. The number of carbonyl (C=O) groups is 1. The molecule has 1 aromatic heterocycles. The molecule has 30 heavy (non-hydrogen) atoms. The average Bonchev–Trinajstić information content (AvgIpc) is 3.21. The van der Waals surface area contributed by atoms with Crippen LogP contribution in [0, 0.1) is 0 Å². The molecular formula is C19H25N5O5S. The smallest absolute Gasteiger partial charge is 0.309 e. The normalized spacial score (nSPS) is 14.3. The van der Waals surface area contributed by atoms with Crippen LogP contribution in [0.4, 0.5) is 17.5 Å². The third kappa shape index (κ3) is 5.29. The molecular weight excluding hydrogens is 410 g/mol. The highest BCUT2D eigenvalue weighted by atomic mass is 32.2. The Morgan fingerprint density at radius 1 is 1.27 bits per heavy atom. The Balaban J connectivity index is 1.87. The highest BCUT2D eigenvalue weighted by Gasteiger charge is 2.20. The van der Waals surface area contributed by atoms with Gasteiger partial charge in [0, 0.05) is 24.0 Å². The van der Waals surface area contributed by atoms with E-state index in [2.05, 4.69) is 20.6 Å². The molecule has 1 aliphatic carbocycles. The molecule has 0 saturated heterocycles. The topological polar surface area (TPSA) is 146 Å². The number of nitrogens with two attached hydrogens (primary N) is 1. The zero-order valence-corrected chi connectivity index (χ0v) is 17.7. The van der Waals surface area contributed by atoms with E-state index in [-0.39, 0.29) is 34.8 Å². The Bertz CT molecular complexity index is 1020. The molecule has 11 heteroatoms. The number of methoxy groups -OCH3 is 1. The minimum atomic E-state index is -3.73. The van der Waals surface area contributed by atoms with Crippen molar-refractivity contribution >= 4 is 33.5 Å². The summed E-state index contributed by atoms with van der Waals surface area (Å²) in [6, 6.07) is 4.94. The Kier molecular flexibility index (Phi) is 6.60. The molecule has 1 aliphatic rings. The van der Waals surface area contributed by atoms with E-state index in [4.69, 9.17) is 14.7 Å². The fourth-order valence-corrected chi connectivity index (χ4v) is 3.66. The third-order valence-electron chi connectivity index (χ3n) is 4.74. The number of ether oxygens (including phenoxy) is 1. The number of aromatic nitrogens is 2. The molecule has 10 nitrogen and oxygen atoms in total. The highest BCUT2D eigenvalue weighted by Crippen LogP contribution is 2.32. The maximum atomic E-state index is 11.8. The van der Waals surface area contributed by atoms with E-state index in [1.807, 2.05) is 0 Å². The fraction of sp³-hybridized carbons (Fsp3) is 0.421. The first kappa shape index (κ1) is 21.6. The number of amides is 1. The van der Waals surface area contributed by atoms with Crippen molar-refractivity contribution in [3.63, 3.8) is 0 Å². The molecule has 0 aliphatic heterocycles. The quantitative estimate of drug-likeness (QED) is 0.505. The second-order valence-corrected chi connectivity index (χ2v) is 8.73. The standard InChI is InChI=1S/C19H25N5O5S/c1-3-30(26,27)29-16-10-13(8-9-15(16)28-2)23-19-21-11-14(17(20)25)18(24-19)22-12-6-4-5-7-12/h8-12H,3-7H2,1-2H3,(H2,20,25)(H2,21,22,23,24). The van der Waals surface area contributed by atoms with Gasteiger partial charge in [0.25, 0.3) is 5.91 Å². The SMILES string of the molecule is CCS(=O)(=O)Oc1cc(Nc2ncc(C(N)=O)c(NC3CCCC3)n2)ccc1OC. The number of nitrogens with one attached hydrogen (secondary N) is 2. The van der Waals surface area contributed by atoms with E-state index in [1.165, 1.54) is 26.3 Å². The fourth-order valence-electron chi connectivity index (χ4n) is 3.14. The summed E-state index contributed by atoms with van der Waals surface area (Å²) in [6.07, 6.45) is 5.59. The van der Waals surface area contributed by atoms with E-state index in [0.29, 0.717) is 11.5 Å². The number of hydrogen-bond acceptors (Lipinski definition) is 9. The van der Waals surface area contributed by atoms with E-state index >= 15 is 0 Å². The maximum Gasteiger partial charge on any atom is 0.309 e. The van der Waals surface area contributed by atoms with Crippen LogP contribution in [0.15, 0.2) is 24.4 Å². The third-order valence-corrected chi connectivity index (χ3v) is 5.88. The lowest BCUT2D eigenvalue weighted by atomic mass is 10.2. The van der Waals surface area contributed by atoms with Crippen molar-refractivity contribution < 1.29 is 22.1 Å². The first-order valence-corrected chi connectivity index (χ1v) is 11.2. The van der Waals surface area contributed by atoms with E-state index in [1.54, 1.807) is 12.1 Å². The Morgan fingerprint density at radius 3 is 2.63 bits per heavy atom. The molecule has 1 fully saturated rings. The van der Waals surface area contributed by atoms with E-state index < -0.39 is 16.0 Å². The average molecular weight is 436 g/mol. The van der Waals surface area contributed by atoms with Gasteiger partial charge >= 0.3 is 10.1 Å². The van der Waals surface area contributed by atoms with Crippen molar-refractivity contribution in [2.24, 2.45) is 5.73 Å². The zero-order chi connectivity index (χ0) is 21.7. The Morgan fingerprint density at radius 2 is 2.00 bits per heavy atom. The van der Waals surface area contributed by atoms with Crippen LogP contribution in [-0.2, 0) is 10.1 Å². The largest absolute Gasteiger partial charge is 0.493 e. The summed E-state index contributed by atoms with van der Waals surface area (Å²) in [5, 5.41) is 6.26. The van der Waals surface area contributed by atoms with Crippen molar-refractivity contribution in [3.05, 3.63) is 30.0 Å². The Labute approximate surface area is 175 Å². The lowest BCUT2D eigenvalue weighted by Gasteiger charge is -2.16. The first-order chi connectivity index (χ1) is 14.3. The number of hydrogen-bond donors (Lipinski definition) is 3.